The molecule has 0 saturated heterocycles. The van der Waals surface area contributed by atoms with Crippen LogP contribution in [0.25, 0.3) is 0 Å². The van der Waals surface area contributed by atoms with E-state index in [2.05, 4.69) is 24.9 Å². The fourth-order valence-corrected chi connectivity index (χ4v) is 0.612. The van der Waals surface area contributed by atoms with Crippen molar-refractivity contribution in [3.05, 3.63) is 0 Å². The minimum atomic E-state index is 0.125. The topological polar surface area (TPSA) is 0 Å². The summed E-state index contributed by atoms with van der Waals surface area (Å²) < 4.78 is 0. The summed E-state index contributed by atoms with van der Waals surface area (Å²) in [6.45, 7) is 4.35. The molecule has 2 heteroatoms. The SMILES string of the molecule is CCSCC.[CH3][Zn][CH3]. The Morgan fingerprint density at radius 1 is 1.12 bits per heavy atom. The van der Waals surface area contributed by atoms with Gasteiger partial charge in [-0.1, -0.05) is 13.8 Å². The van der Waals surface area contributed by atoms with Crippen LogP contribution in [0.3, 0.4) is 0 Å². The normalized spacial score (nSPS) is 6.50. The third kappa shape index (κ3) is 28.1. The van der Waals surface area contributed by atoms with Gasteiger partial charge in [-0.2, -0.15) is 11.8 Å². The number of hydrogen-bond acceptors (Lipinski definition) is 1. The van der Waals surface area contributed by atoms with E-state index in [0.29, 0.717) is 0 Å². The van der Waals surface area contributed by atoms with E-state index >= 15 is 0 Å². The van der Waals surface area contributed by atoms with E-state index in [1.165, 1.54) is 11.5 Å². The zero-order valence-electron chi connectivity index (χ0n) is 6.53. The summed E-state index contributed by atoms with van der Waals surface area (Å²) in [4.78, 5) is 0. The first-order valence-corrected chi connectivity index (χ1v) is 10.5. The van der Waals surface area contributed by atoms with E-state index < -0.39 is 0 Å². The molecule has 0 aliphatic carbocycles. The van der Waals surface area contributed by atoms with Gasteiger partial charge >= 0.3 is 28.2 Å². The van der Waals surface area contributed by atoms with Crippen molar-refractivity contribution in [3.63, 3.8) is 0 Å². The number of rotatable bonds is 2. The van der Waals surface area contributed by atoms with E-state index in [9.17, 15) is 0 Å². The summed E-state index contributed by atoms with van der Waals surface area (Å²) in [5.41, 5.74) is 4.62. The minimum absolute atomic E-state index is 0.125. The molecule has 0 spiro atoms. The van der Waals surface area contributed by atoms with Gasteiger partial charge in [0, 0.05) is 0 Å². The fraction of sp³-hybridized carbons (Fsp3) is 1.00. The molecular weight excluding hydrogens is 170 g/mol. The molecule has 0 fully saturated rings. The zero-order valence-corrected chi connectivity index (χ0v) is 10.3. The Morgan fingerprint density at radius 2 is 1.38 bits per heavy atom. The van der Waals surface area contributed by atoms with Gasteiger partial charge in [-0.25, -0.2) is 0 Å². The molecule has 48 valence electrons. The van der Waals surface area contributed by atoms with Gasteiger partial charge < -0.3 is 0 Å². The molecular formula is C6H16SZn. The Labute approximate surface area is 65.4 Å². The summed E-state index contributed by atoms with van der Waals surface area (Å²) in [5.74, 6) is 2.52. The molecule has 0 amide bonds. The van der Waals surface area contributed by atoms with Crippen molar-refractivity contribution < 1.29 is 17.1 Å². The average molecular weight is 186 g/mol. The van der Waals surface area contributed by atoms with Crippen molar-refractivity contribution in [3.8, 4) is 0 Å². The molecule has 0 saturated carbocycles. The first kappa shape index (κ1) is 11.7. The van der Waals surface area contributed by atoms with Gasteiger partial charge in [-0.15, -0.1) is 0 Å². The van der Waals surface area contributed by atoms with E-state index in [1.54, 1.807) is 0 Å². The second-order valence-corrected chi connectivity index (χ2v) is 6.02. The maximum atomic E-state index is 2.31. The maximum absolute atomic E-state index is 2.31. The molecule has 0 aromatic rings. The zero-order chi connectivity index (χ0) is 6.83. The molecule has 0 aromatic carbocycles. The van der Waals surface area contributed by atoms with Crippen LogP contribution < -0.4 is 0 Å². The van der Waals surface area contributed by atoms with Crippen molar-refractivity contribution in [2.75, 3.05) is 11.5 Å². The second-order valence-electron chi connectivity index (χ2n) is 1.49. The molecule has 0 radical (unpaired) electrons. The summed E-state index contributed by atoms with van der Waals surface area (Å²) in [6, 6.07) is 0. The summed E-state index contributed by atoms with van der Waals surface area (Å²) >= 11 is 2.09. The van der Waals surface area contributed by atoms with Crippen molar-refractivity contribution >= 4 is 11.8 Å². The van der Waals surface area contributed by atoms with Crippen LogP contribution in [0.15, 0.2) is 0 Å². The van der Waals surface area contributed by atoms with Crippen LogP contribution in [0.1, 0.15) is 13.8 Å². The molecule has 0 unspecified atom stereocenters. The first-order valence-electron chi connectivity index (χ1n) is 3.41. The molecule has 0 nitrogen and oxygen atoms in total. The Morgan fingerprint density at radius 3 is 1.38 bits per heavy atom. The number of thioether (sulfide) groups is 1. The first-order chi connectivity index (χ1) is 3.83. The third-order valence-electron chi connectivity index (χ3n) is 0.408. The molecule has 0 bridgehead atoms. The Kier molecular flexibility index (Phi) is 23.0. The van der Waals surface area contributed by atoms with Crippen LogP contribution >= 0.6 is 11.8 Å². The van der Waals surface area contributed by atoms with Crippen LogP contribution in [0.2, 0.25) is 11.0 Å². The molecule has 0 aliphatic heterocycles. The fourth-order valence-electron chi connectivity index (χ4n) is 0.204. The van der Waals surface area contributed by atoms with Crippen LogP contribution in [0.5, 0.6) is 0 Å². The van der Waals surface area contributed by atoms with Crippen LogP contribution in [0.4, 0.5) is 0 Å². The summed E-state index contributed by atoms with van der Waals surface area (Å²) in [7, 11) is 0. The van der Waals surface area contributed by atoms with Gasteiger partial charge in [-0.05, 0) is 11.5 Å². The predicted molar refractivity (Wildman–Crippen MR) is 40.4 cm³/mol. The number of hydrogen-bond donors (Lipinski definition) is 0. The van der Waals surface area contributed by atoms with Gasteiger partial charge in [-0.3, -0.25) is 0 Å². The Bertz CT molecular complexity index is 22.5. The monoisotopic (exact) mass is 184 g/mol. The molecule has 0 aliphatic rings. The van der Waals surface area contributed by atoms with Crippen molar-refractivity contribution in [2.45, 2.75) is 24.9 Å². The Balaban J connectivity index is 0. The van der Waals surface area contributed by atoms with E-state index in [4.69, 9.17) is 0 Å². The predicted octanol–water partition coefficient (Wildman–Crippen LogP) is 2.92. The van der Waals surface area contributed by atoms with E-state index in [-0.39, 0.29) is 17.1 Å². The molecule has 0 heterocycles. The molecule has 0 rings (SSSR count). The van der Waals surface area contributed by atoms with Crippen LogP contribution in [-0.4, -0.2) is 11.5 Å². The van der Waals surface area contributed by atoms with Crippen molar-refractivity contribution in [1.29, 1.82) is 0 Å². The quantitative estimate of drug-likeness (QED) is 0.597. The van der Waals surface area contributed by atoms with Gasteiger partial charge in [0.1, 0.15) is 0 Å². The van der Waals surface area contributed by atoms with Crippen LogP contribution in [0, 0.1) is 0 Å². The average Bonchev–Trinajstić information content (AvgIpc) is 1.71. The standard InChI is InChI=1S/C4H10S.2CH3.Zn/c1-3-5-4-2;;;/h3-4H2,1-2H3;2*1H3;. The van der Waals surface area contributed by atoms with Gasteiger partial charge in [0.25, 0.3) is 0 Å². The second kappa shape index (κ2) is 15.7. The van der Waals surface area contributed by atoms with E-state index in [0.717, 1.165) is 0 Å². The Hall–Kier alpha value is 0.973. The van der Waals surface area contributed by atoms with Gasteiger partial charge in [0.2, 0.25) is 0 Å². The van der Waals surface area contributed by atoms with E-state index in [1.807, 2.05) is 11.8 Å². The summed E-state index contributed by atoms with van der Waals surface area (Å²) in [6.07, 6.45) is 0. The van der Waals surface area contributed by atoms with Gasteiger partial charge in [0.05, 0.1) is 0 Å². The molecule has 0 aromatic heterocycles. The van der Waals surface area contributed by atoms with Crippen LogP contribution in [-0.2, 0) is 17.1 Å². The summed E-state index contributed by atoms with van der Waals surface area (Å²) in [5, 5.41) is 0. The molecule has 0 N–H and O–H groups in total. The van der Waals surface area contributed by atoms with Crippen molar-refractivity contribution in [2.24, 2.45) is 0 Å². The van der Waals surface area contributed by atoms with Gasteiger partial charge in [0.15, 0.2) is 0 Å². The molecule has 8 heavy (non-hydrogen) atoms. The van der Waals surface area contributed by atoms with Crippen molar-refractivity contribution in [1.82, 2.24) is 0 Å². The molecule has 0 atom stereocenters. The third-order valence-corrected chi connectivity index (χ3v) is 1.22.